The summed E-state index contributed by atoms with van der Waals surface area (Å²) in [5, 5.41) is 9.80. The molecule has 0 aromatic rings. The van der Waals surface area contributed by atoms with E-state index in [1.54, 1.807) is 0 Å². The summed E-state index contributed by atoms with van der Waals surface area (Å²) >= 11 is 3.33. The van der Waals surface area contributed by atoms with Crippen LogP contribution in [-0.4, -0.2) is 16.4 Å². The molecule has 72 valence electrons. The second-order valence-corrected chi connectivity index (χ2v) is 4.17. The zero-order chi connectivity index (χ0) is 9.56. The van der Waals surface area contributed by atoms with Gasteiger partial charge in [-0.2, -0.15) is 0 Å². The molecule has 0 aliphatic rings. The predicted octanol–water partition coefficient (Wildman–Crippen LogP) is 2.91. The molecule has 0 heterocycles. The molecule has 0 aromatic carbocycles. The van der Waals surface area contributed by atoms with Crippen molar-refractivity contribution in [2.45, 2.75) is 33.1 Å². The maximum Gasteiger partial charge on any atom is 0.306 e. The SMILES string of the molecule is CC(C)C(CCCCBr)C(=O)O. The molecule has 1 N–H and O–H groups in total. The number of carboxylic acid groups (broad SMARTS) is 1. The van der Waals surface area contributed by atoms with E-state index < -0.39 is 5.97 Å². The van der Waals surface area contributed by atoms with E-state index in [0.717, 1.165) is 24.6 Å². The van der Waals surface area contributed by atoms with Crippen LogP contribution in [0.15, 0.2) is 0 Å². The third-order valence-corrected chi connectivity index (χ3v) is 2.58. The Balaban J connectivity index is 3.72. The number of alkyl halides is 1. The van der Waals surface area contributed by atoms with Crippen molar-refractivity contribution in [1.29, 1.82) is 0 Å². The van der Waals surface area contributed by atoms with Crippen LogP contribution >= 0.6 is 15.9 Å². The molecule has 0 amide bonds. The second-order valence-electron chi connectivity index (χ2n) is 3.37. The third-order valence-electron chi connectivity index (χ3n) is 2.02. The lowest BCUT2D eigenvalue weighted by Gasteiger charge is -2.15. The molecule has 0 rings (SSSR count). The van der Waals surface area contributed by atoms with Crippen LogP contribution in [0.25, 0.3) is 0 Å². The Morgan fingerprint density at radius 3 is 2.33 bits per heavy atom. The van der Waals surface area contributed by atoms with Crippen LogP contribution < -0.4 is 0 Å². The first kappa shape index (κ1) is 11.9. The van der Waals surface area contributed by atoms with Crippen molar-refractivity contribution in [2.75, 3.05) is 5.33 Å². The monoisotopic (exact) mass is 236 g/mol. The van der Waals surface area contributed by atoms with Gasteiger partial charge in [0.05, 0.1) is 5.92 Å². The molecule has 0 saturated carbocycles. The molecule has 0 saturated heterocycles. The number of halogens is 1. The van der Waals surface area contributed by atoms with Gasteiger partial charge in [-0.05, 0) is 18.8 Å². The topological polar surface area (TPSA) is 37.3 Å². The molecule has 0 fully saturated rings. The number of carboxylic acids is 1. The van der Waals surface area contributed by atoms with Crippen LogP contribution in [-0.2, 0) is 4.79 Å². The molecule has 0 radical (unpaired) electrons. The molecule has 12 heavy (non-hydrogen) atoms. The van der Waals surface area contributed by atoms with Gasteiger partial charge in [0.25, 0.3) is 0 Å². The van der Waals surface area contributed by atoms with Crippen LogP contribution in [0.2, 0.25) is 0 Å². The standard InChI is InChI=1S/C9H17BrO2/c1-7(2)8(9(11)12)5-3-4-6-10/h7-8H,3-6H2,1-2H3,(H,11,12). The van der Waals surface area contributed by atoms with Crippen molar-refractivity contribution >= 4 is 21.9 Å². The van der Waals surface area contributed by atoms with Crippen molar-refractivity contribution < 1.29 is 9.90 Å². The molecule has 0 aliphatic carbocycles. The number of hydrogen-bond acceptors (Lipinski definition) is 1. The van der Waals surface area contributed by atoms with Crippen LogP contribution in [0, 0.1) is 11.8 Å². The summed E-state index contributed by atoms with van der Waals surface area (Å²) in [6, 6.07) is 0. The van der Waals surface area contributed by atoms with Crippen molar-refractivity contribution in [1.82, 2.24) is 0 Å². The first-order chi connectivity index (χ1) is 5.59. The van der Waals surface area contributed by atoms with Gasteiger partial charge in [-0.25, -0.2) is 0 Å². The highest BCUT2D eigenvalue weighted by atomic mass is 79.9. The molecular formula is C9H17BrO2. The van der Waals surface area contributed by atoms with E-state index in [2.05, 4.69) is 15.9 Å². The fraction of sp³-hybridized carbons (Fsp3) is 0.889. The van der Waals surface area contributed by atoms with Crippen molar-refractivity contribution in [2.24, 2.45) is 11.8 Å². The lowest BCUT2D eigenvalue weighted by molar-refractivity contribution is -0.143. The maximum absolute atomic E-state index is 10.7. The minimum atomic E-state index is -0.653. The van der Waals surface area contributed by atoms with Gasteiger partial charge >= 0.3 is 5.97 Å². The summed E-state index contributed by atoms with van der Waals surface area (Å²) in [7, 11) is 0. The molecule has 1 atom stereocenters. The Morgan fingerprint density at radius 1 is 1.42 bits per heavy atom. The fourth-order valence-corrected chi connectivity index (χ4v) is 1.60. The zero-order valence-electron chi connectivity index (χ0n) is 7.72. The molecule has 0 bridgehead atoms. The summed E-state index contributed by atoms with van der Waals surface area (Å²) < 4.78 is 0. The zero-order valence-corrected chi connectivity index (χ0v) is 9.30. The Morgan fingerprint density at radius 2 is 2.00 bits per heavy atom. The summed E-state index contributed by atoms with van der Waals surface area (Å²) in [5.74, 6) is -0.568. The summed E-state index contributed by atoms with van der Waals surface area (Å²) in [4.78, 5) is 10.7. The summed E-state index contributed by atoms with van der Waals surface area (Å²) in [6.07, 6.45) is 2.87. The highest BCUT2D eigenvalue weighted by molar-refractivity contribution is 9.09. The normalized spacial score (nSPS) is 13.3. The van der Waals surface area contributed by atoms with Gasteiger partial charge < -0.3 is 5.11 Å². The first-order valence-electron chi connectivity index (χ1n) is 4.38. The highest BCUT2D eigenvalue weighted by Gasteiger charge is 2.20. The Bertz CT molecular complexity index is 134. The number of hydrogen-bond donors (Lipinski definition) is 1. The smallest absolute Gasteiger partial charge is 0.306 e. The minimum absolute atomic E-state index is 0.163. The van der Waals surface area contributed by atoms with E-state index in [1.165, 1.54) is 0 Å². The fourth-order valence-electron chi connectivity index (χ4n) is 1.20. The first-order valence-corrected chi connectivity index (χ1v) is 5.50. The summed E-state index contributed by atoms with van der Waals surface area (Å²) in [5.41, 5.74) is 0. The number of rotatable bonds is 6. The number of unbranched alkanes of at least 4 members (excludes halogenated alkanes) is 1. The summed E-state index contributed by atoms with van der Waals surface area (Å²) in [6.45, 7) is 3.93. The van der Waals surface area contributed by atoms with Crippen molar-refractivity contribution in [3.63, 3.8) is 0 Å². The molecule has 0 aromatic heterocycles. The molecule has 0 spiro atoms. The van der Waals surface area contributed by atoms with Gasteiger partial charge in [-0.1, -0.05) is 36.2 Å². The van der Waals surface area contributed by atoms with Crippen LogP contribution in [0.5, 0.6) is 0 Å². The predicted molar refractivity (Wildman–Crippen MR) is 53.6 cm³/mol. The van der Waals surface area contributed by atoms with Crippen LogP contribution in [0.4, 0.5) is 0 Å². The number of carbonyl (C=O) groups is 1. The van der Waals surface area contributed by atoms with Gasteiger partial charge in [0.1, 0.15) is 0 Å². The van der Waals surface area contributed by atoms with Gasteiger partial charge in [-0.15, -0.1) is 0 Å². The van der Waals surface area contributed by atoms with Crippen molar-refractivity contribution in [3.05, 3.63) is 0 Å². The van der Waals surface area contributed by atoms with E-state index >= 15 is 0 Å². The van der Waals surface area contributed by atoms with Crippen LogP contribution in [0.1, 0.15) is 33.1 Å². The van der Waals surface area contributed by atoms with Crippen LogP contribution in [0.3, 0.4) is 0 Å². The Kier molecular flexibility index (Phi) is 6.44. The van der Waals surface area contributed by atoms with E-state index in [9.17, 15) is 4.79 Å². The van der Waals surface area contributed by atoms with Gasteiger partial charge in [0.15, 0.2) is 0 Å². The number of aliphatic carboxylic acids is 1. The molecule has 3 heteroatoms. The minimum Gasteiger partial charge on any atom is -0.481 e. The van der Waals surface area contributed by atoms with E-state index in [1.807, 2.05) is 13.8 Å². The average Bonchev–Trinajstić information content (AvgIpc) is 1.96. The Hall–Kier alpha value is -0.0500. The maximum atomic E-state index is 10.7. The molecule has 0 aliphatic heterocycles. The second kappa shape index (κ2) is 6.46. The van der Waals surface area contributed by atoms with Gasteiger partial charge in [0.2, 0.25) is 0 Å². The average molecular weight is 237 g/mol. The lowest BCUT2D eigenvalue weighted by atomic mass is 9.91. The molecular weight excluding hydrogens is 220 g/mol. The lowest BCUT2D eigenvalue weighted by Crippen LogP contribution is -2.19. The highest BCUT2D eigenvalue weighted by Crippen LogP contribution is 2.18. The van der Waals surface area contributed by atoms with Crippen molar-refractivity contribution in [3.8, 4) is 0 Å². The van der Waals surface area contributed by atoms with E-state index in [0.29, 0.717) is 0 Å². The van der Waals surface area contributed by atoms with E-state index in [-0.39, 0.29) is 11.8 Å². The third kappa shape index (κ3) is 4.75. The van der Waals surface area contributed by atoms with E-state index in [4.69, 9.17) is 5.11 Å². The molecule has 2 nitrogen and oxygen atoms in total. The Labute approximate surface area is 82.5 Å². The van der Waals surface area contributed by atoms with Gasteiger partial charge in [0, 0.05) is 5.33 Å². The quantitative estimate of drug-likeness (QED) is 0.569. The largest absolute Gasteiger partial charge is 0.481 e. The van der Waals surface area contributed by atoms with Gasteiger partial charge in [-0.3, -0.25) is 4.79 Å². The molecule has 1 unspecified atom stereocenters.